The Kier molecular flexibility index (Phi) is 4.66. The van der Waals surface area contributed by atoms with Crippen molar-refractivity contribution in [2.24, 2.45) is 0 Å². The van der Waals surface area contributed by atoms with Gasteiger partial charge in [0.05, 0.1) is 5.69 Å². The first-order valence-corrected chi connectivity index (χ1v) is 6.08. The Morgan fingerprint density at radius 3 is 2.27 bits per heavy atom. The number of hydrogen-bond donors (Lipinski definition) is 1. The molecule has 0 amide bonds. The maximum absolute atomic E-state index is 6.11. The molecule has 0 fully saturated rings. The second-order valence-corrected chi connectivity index (χ2v) is 4.01. The van der Waals surface area contributed by atoms with Crippen molar-refractivity contribution < 1.29 is 0 Å². The van der Waals surface area contributed by atoms with Crippen molar-refractivity contribution in [1.82, 2.24) is 9.55 Å². The number of rotatable bonds is 6. The molecule has 0 unspecified atom stereocenters. The molecule has 0 aromatic carbocycles. The molecule has 0 radical (unpaired) electrons. The van der Waals surface area contributed by atoms with Crippen LogP contribution >= 0.6 is 0 Å². The highest BCUT2D eigenvalue weighted by Crippen LogP contribution is 2.18. The monoisotopic (exact) mass is 209 g/mol. The summed E-state index contributed by atoms with van der Waals surface area (Å²) in [5, 5.41) is 0. The number of anilines is 1. The lowest BCUT2D eigenvalue weighted by Crippen LogP contribution is -2.07. The van der Waals surface area contributed by atoms with Gasteiger partial charge in [-0.2, -0.15) is 0 Å². The van der Waals surface area contributed by atoms with E-state index < -0.39 is 0 Å². The minimum Gasteiger partial charge on any atom is -0.384 e. The van der Waals surface area contributed by atoms with Gasteiger partial charge in [-0.1, -0.05) is 27.2 Å². The van der Waals surface area contributed by atoms with Gasteiger partial charge in [0.1, 0.15) is 11.6 Å². The Hall–Kier alpha value is -0.990. The van der Waals surface area contributed by atoms with Gasteiger partial charge in [0.25, 0.3) is 0 Å². The van der Waals surface area contributed by atoms with Crippen LogP contribution in [0.15, 0.2) is 0 Å². The Balaban J connectivity index is 2.96. The van der Waals surface area contributed by atoms with Crippen molar-refractivity contribution in [1.29, 1.82) is 0 Å². The first kappa shape index (κ1) is 12.1. The molecule has 1 heterocycles. The molecule has 0 aliphatic rings. The van der Waals surface area contributed by atoms with Gasteiger partial charge in [-0.3, -0.25) is 0 Å². The first-order valence-electron chi connectivity index (χ1n) is 6.08. The van der Waals surface area contributed by atoms with E-state index in [2.05, 4.69) is 30.3 Å². The molecule has 0 aliphatic carbocycles. The highest BCUT2D eigenvalue weighted by Gasteiger charge is 2.12. The molecule has 1 aromatic heterocycles. The van der Waals surface area contributed by atoms with Crippen molar-refractivity contribution in [2.75, 3.05) is 5.73 Å². The average molecular weight is 209 g/mol. The number of hydrogen-bond acceptors (Lipinski definition) is 2. The molecule has 0 spiro atoms. The summed E-state index contributed by atoms with van der Waals surface area (Å²) in [5.74, 6) is 2.06. The standard InChI is InChI=1S/C12H23N3/c1-4-7-10-12(13)15(9-6-3)11(14-10)8-5-2/h4-9,13H2,1-3H3. The molecule has 0 saturated carbocycles. The third-order valence-electron chi connectivity index (χ3n) is 2.57. The fourth-order valence-corrected chi connectivity index (χ4v) is 1.88. The Labute approximate surface area is 92.7 Å². The largest absolute Gasteiger partial charge is 0.384 e. The summed E-state index contributed by atoms with van der Waals surface area (Å²) >= 11 is 0. The van der Waals surface area contributed by atoms with Gasteiger partial charge in [-0.15, -0.1) is 0 Å². The second kappa shape index (κ2) is 5.79. The summed E-state index contributed by atoms with van der Waals surface area (Å²) in [6.07, 6.45) is 5.39. The third-order valence-corrected chi connectivity index (χ3v) is 2.57. The number of nitrogens with zero attached hydrogens (tertiary/aromatic N) is 2. The molecular formula is C12H23N3. The molecule has 0 bridgehead atoms. The van der Waals surface area contributed by atoms with Crippen LogP contribution in [0.3, 0.4) is 0 Å². The van der Waals surface area contributed by atoms with Crippen molar-refractivity contribution in [2.45, 2.75) is 59.4 Å². The molecular weight excluding hydrogens is 186 g/mol. The fourth-order valence-electron chi connectivity index (χ4n) is 1.88. The normalized spacial score (nSPS) is 10.9. The lowest BCUT2D eigenvalue weighted by molar-refractivity contribution is 0.637. The minimum absolute atomic E-state index is 0.891. The van der Waals surface area contributed by atoms with Crippen LogP contribution in [0.1, 0.15) is 51.6 Å². The molecule has 3 heteroatoms. The van der Waals surface area contributed by atoms with Gasteiger partial charge in [0.2, 0.25) is 0 Å². The van der Waals surface area contributed by atoms with Crippen molar-refractivity contribution in [3.63, 3.8) is 0 Å². The van der Waals surface area contributed by atoms with E-state index in [1.807, 2.05) is 0 Å². The quantitative estimate of drug-likeness (QED) is 0.783. The second-order valence-electron chi connectivity index (χ2n) is 4.01. The topological polar surface area (TPSA) is 43.8 Å². The lowest BCUT2D eigenvalue weighted by Gasteiger charge is -2.07. The first-order chi connectivity index (χ1) is 7.24. The summed E-state index contributed by atoms with van der Waals surface area (Å²) in [5.41, 5.74) is 7.20. The minimum atomic E-state index is 0.891. The van der Waals surface area contributed by atoms with E-state index in [4.69, 9.17) is 5.73 Å². The number of aromatic nitrogens is 2. The fraction of sp³-hybridized carbons (Fsp3) is 0.750. The molecule has 1 rings (SSSR count). The smallest absolute Gasteiger partial charge is 0.126 e. The summed E-state index contributed by atoms with van der Waals surface area (Å²) in [4.78, 5) is 4.65. The Morgan fingerprint density at radius 1 is 1.07 bits per heavy atom. The van der Waals surface area contributed by atoms with Crippen LogP contribution in [0.4, 0.5) is 5.82 Å². The van der Waals surface area contributed by atoms with Gasteiger partial charge < -0.3 is 10.3 Å². The zero-order valence-corrected chi connectivity index (χ0v) is 10.2. The molecule has 0 aliphatic heterocycles. The highest BCUT2D eigenvalue weighted by atomic mass is 15.1. The van der Waals surface area contributed by atoms with E-state index in [1.54, 1.807) is 0 Å². The number of nitrogen functional groups attached to an aromatic ring is 1. The summed E-state index contributed by atoms with van der Waals surface area (Å²) in [6.45, 7) is 7.52. The molecule has 0 saturated heterocycles. The van der Waals surface area contributed by atoms with Crippen LogP contribution in [0.5, 0.6) is 0 Å². The van der Waals surface area contributed by atoms with Gasteiger partial charge in [-0.05, 0) is 19.3 Å². The van der Waals surface area contributed by atoms with Crippen molar-refractivity contribution in [3.8, 4) is 0 Å². The summed E-state index contributed by atoms with van der Waals surface area (Å²) in [7, 11) is 0. The maximum atomic E-state index is 6.11. The Bertz CT molecular complexity index is 302. The van der Waals surface area contributed by atoms with E-state index in [0.717, 1.165) is 50.2 Å². The maximum Gasteiger partial charge on any atom is 0.126 e. The van der Waals surface area contributed by atoms with E-state index in [-0.39, 0.29) is 0 Å². The van der Waals surface area contributed by atoms with Gasteiger partial charge >= 0.3 is 0 Å². The van der Waals surface area contributed by atoms with Crippen LogP contribution in [0, 0.1) is 0 Å². The SMILES string of the molecule is CCCc1nc(CCC)n(CCC)c1N. The molecule has 2 N–H and O–H groups in total. The highest BCUT2D eigenvalue weighted by molar-refractivity contribution is 5.38. The third kappa shape index (κ3) is 2.74. The van der Waals surface area contributed by atoms with Gasteiger partial charge in [0.15, 0.2) is 0 Å². The van der Waals surface area contributed by atoms with Gasteiger partial charge in [-0.25, -0.2) is 4.98 Å². The summed E-state index contributed by atoms with van der Waals surface area (Å²) < 4.78 is 2.19. The molecule has 15 heavy (non-hydrogen) atoms. The van der Waals surface area contributed by atoms with Gasteiger partial charge in [0, 0.05) is 13.0 Å². The average Bonchev–Trinajstić information content (AvgIpc) is 2.49. The van der Waals surface area contributed by atoms with E-state index in [9.17, 15) is 0 Å². The van der Waals surface area contributed by atoms with Crippen LogP contribution < -0.4 is 5.73 Å². The van der Waals surface area contributed by atoms with Crippen LogP contribution in [-0.4, -0.2) is 9.55 Å². The number of nitrogens with two attached hydrogens (primary N) is 1. The lowest BCUT2D eigenvalue weighted by atomic mass is 10.2. The van der Waals surface area contributed by atoms with E-state index >= 15 is 0 Å². The zero-order valence-electron chi connectivity index (χ0n) is 10.2. The number of aryl methyl sites for hydroxylation is 2. The molecule has 1 aromatic rings. The van der Waals surface area contributed by atoms with Crippen molar-refractivity contribution in [3.05, 3.63) is 11.5 Å². The summed E-state index contributed by atoms with van der Waals surface area (Å²) in [6, 6.07) is 0. The predicted molar refractivity (Wildman–Crippen MR) is 64.9 cm³/mol. The molecule has 3 nitrogen and oxygen atoms in total. The zero-order chi connectivity index (χ0) is 11.3. The van der Waals surface area contributed by atoms with Crippen LogP contribution in [0.25, 0.3) is 0 Å². The van der Waals surface area contributed by atoms with Crippen LogP contribution in [0.2, 0.25) is 0 Å². The van der Waals surface area contributed by atoms with Crippen molar-refractivity contribution >= 4 is 5.82 Å². The van der Waals surface area contributed by atoms with E-state index in [0.29, 0.717) is 0 Å². The predicted octanol–water partition coefficient (Wildman–Crippen LogP) is 2.78. The Morgan fingerprint density at radius 2 is 1.73 bits per heavy atom. The van der Waals surface area contributed by atoms with Crippen LogP contribution in [-0.2, 0) is 19.4 Å². The van der Waals surface area contributed by atoms with E-state index in [1.165, 1.54) is 5.82 Å². The number of imidazole rings is 1. The molecule has 0 atom stereocenters. The molecule has 86 valence electrons.